The van der Waals surface area contributed by atoms with Crippen molar-refractivity contribution >= 4 is 11.2 Å². The number of hydrogen-bond donors (Lipinski definition) is 1. The van der Waals surface area contributed by atoms with Gasteiger partial charge in [0.15, 0.2) is 5.65 Å². The fraction of sp³-hybridized carbons (Fsp3) is 0.455. The molecule has 2 heterocycles. The monoisotopic (exact) mass is 243 g/mol. The number of alkyl halides is 3. The Labute approximate surface area is 96.1 Å². The molecule has 0 fully saturated rings. The van der Waals surface area contributed by atoms with Crippen molar-refractivity contribution in [3.63, 3.8) is 0 Å². The second-order valence-corrected chi connectivity index (χ2v) is 4.00. The average molecular weight is 243 g/mol. The van der Waals surface area contributed by atoms with Crippen LogP contribution in [-0.4, -0.2) is 15.0 Å². The van der Waals surface area contributed by atoms with E-state index >= 15 is 0 Å². The van der Waals surface area contributed by atoms with Crippen molar-refractivity contribution in [1.82, 2.24) is 15.0 Å². The number of imidazole rings is 1. The topological polar surface area (TPSA) is 41.6 Å². The van der Waals surface area contributed by atoms with Crippen LogP contribution in [0.3, 0.4) is 0 Å². The second-order valence-electron chi connectivity index (χ2n) is 4.00. The normalized spacial score (nSPS) is 14.2. The number of nitrogens with one attached hydrogen (secondary N) is 1. The van der Waals surface area contributed by atoms with E-state index in [9.17, 15) is 13.2 Å². The number of pyridine rings is 1. The molecule has 3 nitrogen and oxygen atoms in total. The zero-order valence-corrected chi connectivity index (χ0v) is 9.47. The SMILES string of the molecule is CCC(C)c1nc2nc(C(F)(F)F)ccc2[nH]1. The molecule has 17 heavy (non-hydrogen) atoms. The minimum atomic E-state index is -4.43. The molecule has 1 unspecified atom stereocenters. The quantitative estimate of drug-likeness (QED) is 0.877. The number of nitrogens with zero attached hydrogens (tertiary/aromatic N) is 2. The third-order valence-corrected chi connectivity index (χ3v) is 2.73. The van der Waals surface area contributed by atoms with E-state index in [4.69, 9.17) is 0 Å². The lowest BCUT2D eigenvalue weighted by atomic mass is 10.1. The van der Waals surface area contributed by atoms with E-state index in [2.05, 4.69) is 15.0 Å². The summed E-state index contributed by atoms with van der Waals surface area (Å²) < 4.78 is 37.3. The van der Waals surface area contributed by atoms with E-state index in [1.165, 1.54) is 6.07 Å². The highest BCUT2D eigenvalue weighted by Gasteiger charge is 2.32. The Bertz CT molecular complexity index is 530. The smallest absolute Gasteiger partial charge is 0.340 e. The third-order valence-electron chi connectivity index (χ3n) is 2.73. The molecule has 2 aromatic rings. The van der Waals surface area contributed by atoms with Crippen molar-refractivity contribution in [1.29, 1.82) is 0 Å². The van der Waals surface area contributed by atoms with Crippen LogP contribution in [0.5, 0.6) is 0 Å². The molecule has 0 aliphatic rings. The summed E-state index contributed by atoms with van der Waals surface area (Å²) in [5, 5.41) is 0. The predicted octanol–water partition coefficient (Wildman–Crippen LogP) is 3.49. The molecule has 2 aromatic heterocycles. The van der Waals surface area contributed by atoms with Gasteiger partial charge >= 0.3 is 6.18 Å². The molecule has 0 bridgehead atoms. The number of aromatic nitrogens is 3. The van der Waals surface area contributed by atoms with Gasteiger partial charge in [0, 0.05) is 5.92 Å². The zero-order chi connectivity index (χ0) is 12.6. The van der Waals surface area contributed by atoms with Gasteiger partial charge in [-0.15, -0.1) is 0 Å². The molecule has 0 amide bonds. The fourth-order valence-corrected chi connectivity index (χ4v) is 1.50. The molecular weight excluding hydrogens is 231 g/mol. The van der Waals surface area contributed by atoms with Crippen molar-refractivity contribution in [2.24, 2.45) is 0 Å². The summed E-state index contributed by atoms with van der Waals surface area (Å²) in [5.74, 6) is 0.855. The van der Waals surface area contributed by atoms with Gasteiger partial charge in [0.2, 0.25) is 0 Å². The van der Waals surface area contributed by atoms with Crippen molar-refractivity contribution in [3.8, 4) is 0 Å². The van der Waals surface area contributed by atoms with Crippen LogP contribution in [0.2, 0.25) is 0 Å². The lowest BCUT2D eigenvalue weighted by Crippen LogP contribution is -2.07. The first-order chi connectivity index (χ1) is 7.91. The van der Waals surface area contributed by atoms with Gasteiger partial charge in [0.1, 0.15) is 11.5 Å². The summed E-state index contributed by atoms with van der Waals surface area (Å²) in [6.45, 7) is 3.95. The summed E-state index contributed by atoms with van der Waals surface area (Å²) in [6, 6.07) is 2.32. The molecule has 92 valence electrons. The van der Waals surface area contributed by atoms with Gasteiger partial charge < -0.3 is 4.98 Å². The minimum absolute atomic E-state index is 0.120. The van der Waals surface area contributed by atoms with Crippen molar-refractivity contribution < 1.29 is 13.2 Å². The molecule has 0 aliphatic carbocycles. The largest absolute Gasteiger partial charge is 0.433 e. The molecule has 6 heteroatoms. The molecule has 1 atom stereocenters. The highest BCUT2D eigenvalue weighted by molar-refractivity contribution is 5.70. The van der Waals surface area contributed by atoms with E-state index in [1.807, 2.05) is 13.8 Å². The first-order valence-electron chi connectivity index (χ1n) is 5.35. The molecule has 0 aliphatic heterocycles. The molecular formula is C11H12F3N3. The summed E-state index contributed by atoms with van der Waals surface area (Å²) >= 11 is 0. The van der Waals surface area contributed by atoms with Crippen LogP contribution in [0.4, 0.5) is 13.2 Å². The first-order valence-corrected chi connectivity index (χ1v) is 5.35. The highest BCUT2D eigenvalue weighted by Crippen LogP contribution is 2.29. The summed E-state index contributed by atoms with van der Waals surface area (Å²) in [5.41, 5.74) is -0.254. The Hall–Kier alpha value is -1.59. The van der Waals surface area contributed by atoms with Crippen LogP contribution < -0.4 is 0 Å². The Balaban J connectivity index is 2.48. The van der Waals surface area contributed by atoms with Crippen LogP contribution in [0, 0.1) is 0 Å². The van der Waals surface area contributed by atoms with Crippen LogP contribution in [0.25, 0.3) is 11.2 Å². The van der Waals surface area contributed by atoms with Gasteiger partial charge in [-0.1, -0.05) is 13.8 Å². The standard InChI is InChI=1S/C11H12F3N3/c1-3-6(2)9-15-7-4-5-8(11(12,13)14)16-10(7)17-9/h4-6H,3H2,1-2H3,(H,15,16,17). The van der Waals surface area contributed by atoms with Crippen molar-refractivity contribution in [3.05, 3.63) is 23.7 Å². The Morgan fingerprint density at radius 1 is 1.29 bits per heavy atom. The van der Waals surface area contributed by atoms with Gasteiger partial charge in [0.05, 0.1) is 5.52 Å². The lowest BCUT2D eigenvalue weighted by molar-refractivity contribution is -0.141. The number of rotatable bonds is 2. The third kappa shape index (κ3) is 2.25. The van der Waals surface area contributed by atoms with E-state index < -0.39 is 11.9 Å². The van der Waals surface area contributed by atoms with Crippen LogP contribution in [0.1, 0.15) is 37.7 Å². The molecule has 0 spiro atoms. The van der Waals surface area contributed by atoms with Gasteiger partial charge in [0.25, 0.3) is 0 Å². The van der Waals surface area contributed by atoms with Gasteiger partial charge in [-0.05, 0) is 18.6 Å². The number of hydrogen-bond acceptors (Lipinski definition) is 2. The molecule has 1 N–H and O–H groups in total. The summed E-state index contributed by atoms with van der Waals surface area (Å²) in [4.78, 5) is 10.6. The van der Waals surface area contributed by atoms with E-state index in [0.717, 1.165) is 12.5 Å². The van der Waals surface area contributed by atoms with E-state index in [-0.39, 0.29) is 11.6 Å². The maximum Gasteiger partial charge on any atom is 0.433 e. The van der Waals surface area contributed by atoms with Gasteiger partial charge in [-0.2, -0.15) is 13.2 Å². The fourth-order valence-electron chi connectivity index (χ4n) is 1.50. The Morgan fingerprint density at radius 2 is 2.00 bits per heavy atom. The van der Waals surface area contributed by atoms with E-state index in [0.29, 0.717) is 11.3 Å². The van der Waals surface area contributed by atoms with Crippen LogP contribution in [-0.2, 0) is 6.18 Å². The molecule has 0 aromatic carbocycles. The van der Waals surface area contributed by atoms with Crippen LogP contribution >= 0.6 is 0 Å². The number of aromatic amines is 1. The maximum absolute atomic E-state index is 12.4. The molecule has 2 rings (SSSR count). The minimum Gasteiger partial charge on any atom is -0.340 e. The van der Waals surface area contributed by atoms with Crippen molar-refractivity contribution in [2.45, 2.75) is 32.4 Å². The zero-order valence-electron chi connectivity index (χ0n) is 9.47. The first kappa shape index (κ1) is 11.9. The molecule has 0 saturated heterocycles. The number of halogens is 3. The van der Waals surface area contributed by atoms with E-state index in [1.54, 1.807) is 0 Å². The maximum atomic E-state index is 12.4. The second kappa shape index (κ2) is 4.01. The Kier molecular flexibility index (Phi) is 2.81. The number of H-pyrrole nitrogens is 1. The van der Waals surface area contributed by atoms with Gasteiger partial charge in [-0.25, -0.2) is 9.97 Å². The predicted molar refractivity (Wildman–Crippen MR) is 57.6 cm³/mol. The Morgan fingerprint density at radius 3 is 2.59 bits per heavy atom. The summed E-state index contributed by atoms with van der Waals surface area (Å²) in [6.07, 6.45) is -3.56. The lowest BCUT2D eigenvalue weighted by Gasteiger charge is -2.03. The highest BCUT2D eigenvalue weighted by atomic mass is 19.4. The number of fused-ring (bicyclic) bond motifs is 1. The average Bonchev–Trinajstić information content (AvgIpc) is 2.69. The summed E-state index contributed by atoms with van der Waals surface area (Å²) in [7, 11) is 0. The van der Waals surface area contributed by atoms with Gasteiger partial charge in [-0.3, -0.25) is 0 Å². The molecule has 0 radical (unpaired) electrons. The van der Waals surface area contributed by atoms with Crippen LogP contribution in [0.15, 0.2) is 12.1 Å². The molecule has 0 saturated carbocycles. The van der Waals surface area contributed by atoms with Crippen molar-refractivity contribution in [2.75, 3.05) is 0 Å².